The van der Waals surface area contributed by atoms with Crippen molar-refractivity contribution < 1.29 is 18.8 Å². The third-order valence-corrected chi connectivity index (χ3v) is 4.05. The highest BCUT2D eigenvalue weighted by molar-refractivity contribution is 6.33. The number of carbonyl (C=O) groups excluding carboxylic acids is 1. The molecule has 0 fully saturated rings. The minimum Gasteiger partial charge on any atom is -0.497 e. The molecule has 27 heavy (non-hydrogen) atoms. The second kappa shape index (κ2) is 7.63. The third-order valence-electron chi connectivity index (χ3n) is 3.72. The van der Waals surface area contributed by atoms with Crippen LogP contribution in [0.3, 0.4) is 0 Å². The standard InChI is InChI=1S/C18H16ClN3O5/c1-9-6-16(23)21-17(20-9)10(2)26-18(24)15-8-14(22-27-15)12-7-11(25-3)4-5-13(12)19/h4-8,10H,1-3H3,(H,20,21,23). The molecule has 140 valence electrons. The molecule has 0 spiro atoms. The van der Waals surface area contributed by atoms with E-state index < -0.39 is 12.1 Å². The van der Waals surface area contributed by atoms with Gasteiger partial charge in [0.2, 0.25) is 5.76 Å². The Labute approximate surface area is 159 Å². The molecule has 0 aliphatic carbocycles. The summed E-state index contributed by atoms with van der Waals surface area (Å²) in [6, 6.07) is 7.81. The molecule has 0 aliphatic rings. The lowest BCUT2D eigenvalue weighted by atomic mass is 10.1. The molecule has 9 heteroatoms. The summed E-state index contributed by atoms with van der Waals surface area (Å²) in [5, 5.41) is 4.29. The molecule has 2 aromatic heterocycles. The van der Waals surface area contributed by atoms with E-state index in [-0.39, 0.29) is 17.1 Å². The Morgan fingerprint density at radius 2 is 2.07 bits per heavy atom. The molecule has 1 aromatic carbocycles. The number of carbonyl (C=O) groups is 1. The molecule has 0 radical (unpaired) electrons. The Morgan fingerprint density at radius 1 is 1.30 bits per heavy atom. The van der Waals surface area contributed by atoms with Crippen molar-refractivity contribution in [1.82, 2.24) is 15.1 Å². The van der Waals surface area contributed by atoms with E-state index in [2.05, 4.69) is 15.1 Å². The van der Waals surface area contributed by atoms with Crippen molar-refractivity contribution in [3.8, 4) is 17.0 Å². The molecule has 8 nitrogen and oxygen atoms in total. The molecule has 3 rings (SSSR count). The van der Waals surface area contributed by atoms with Gasteiger partial charge in [0.15, 0.2) is 6.10 Å². The molecular formula is C18H16ClN3O5. The number of hydrogen-bond acceptors (Lipinski definition) is 7. The molecule has 3 aromatic rings. The molecule has 1 N–H and O–H groups in total. The van der Waals surface area contributed by atoms with Gasteiger partial charge in [0.25, 0.3) is 5.56 Å². The Balaban J connectivity index is 1.80. The van der Waals surface area contributed by atoms with Crippen LogP contribution in [0, 0.1) is 6.92 Å². The van der Waals surface area contributed by atoms with Crippen molar-refractivity contribution >= 4 is 17.6 Å². The summed E-state index contributed by atoms with van der Waals surface area (Å²) in [6.07, 6.45) is -0.779. The van der Waals surface area contributed by atoms with Crippen molar-refractivity contribution in [3.05, 3.63) is 63.0 Å². The second-order valence-corrected chi connectivity index (χ2v) is 6.15. The first-order valence-corrected chi connectivity index (χ1v) is 8.34. The monoisotopic (exact) mass is 389 g/mol. The maximum Gasteiger partial charge on any atom is 0.377 e. The fourth-order valence-electron chi connectivity index (χ4n) is 2.40. The number of aromatic nitrogens is 3. The molecule has 1 unspecified atom stereocenters. The van der Waals surface area contributed by atoms with Crippen molar-refractivity contribution in [2.75, 3.05) is 7.11 Å². The van der Waals surface area contributed by atoms with Crippen LogP contribution in [0.4, 0.5) is 0 Å². The van der Waals surface area contributed by atoms with Gasteiger partial charge >= 0.3 is 5.97 Å². The van der Waals surface area contributed by atoms with Gasteiger partial charge in [-0.2, -0.15) is 0 Å². The van der Waals surface area contributed by atoms with E-state index in [4.69, 9.17) is 25.6 Å². The lowest BCUT2D eigenvalue weighted by molar-refractivity contribution is 0.0273. The number of hydrogen-bond donors (Lipinski definition) is 1. The number of esters is 1. The first-order valence-electron chi connectivity index (χ1n) is 7.97. The zero-order valence-corrected chi connectivity index (χ0v) is 15.5. The average molecular weight is 390 g/mol. The van der Waals surface area contributed by atoms with E-state index in [1.54, 1.807) is 32.0 Å². The molecule has 0 aliphatic heterocycles. The van der Waals surface area contributed by atoms with Crippen LogP contribution in [0.2, 0.25) is 5.02 Å². The number of ether oxygens (including phenoxy) is 2. The second-order valence-electron chi connectivity index (χ2n) is 5.74. The van der Waals surface area contributed by atoms with Crippen LogP contribution in [0.25, 0.3) is 11.3 Å². The average Bonchev–Trinajstić information content (AvgIpc) is 3.11. The van der Waals surface area contributed by atoms with Crippen LogP contribution in [0.1, 0.15) is 35.1 Å². The Hall–Kier alpha value is -3.13. The van der Waals surface area contributed by atoms with Gasteiger partial charge in [-0.1, -0.05) is 16.8 Å². The lowest BCUT2D eigenvalue weighted by Crippen LogP contribution is -2.17. The van der Waals surface area contributed by atoms with E-state index in [1.165, 1.54) is 19.2 Å². The summed E-state index contributed by atoms with van der Waals surface area (Å²) in [5.41, 5.74) is 1.11. The first-order chi connectivity index (χ1) is 12.9. The number of benzene rings is 1. The third kappa shape index (κ3) is 4.17. The van der Waals surface area contributed by atoms with Gasteiger partial charge in [-0.05, 0) is 32.0 Å². The largest absolute Gasteiger partial charge is 0.497 e. The molecule has 0 saturated carbocycles. The normalized spacial score (nSPS) is 11.9. The van der Waals surface area contributed by atoms with Crippen molar-refractivity contribution in [1.29, 1.82) is 0 Å². The van der Waals surface area contributed by atoms with Gasteiger partial charge in [0.1, 0.15) is 17.3 Å². The summed E-state index contributed by atoms with van der Waals surface area (Å²) in [6.45, 7) is 3.26. The predicted molar refractivity (Wildman–Crippen MR) is 96.9 cm³/mol. The van der Waals surface area contributed by atoms with Crippen molar-refractivity contribution in [2.45, 2.75) is 20.0 Å². The van der Waals surface area contributed by atoms with Gasteiger partial charge in [0.05, 0.1) is 12.1 Å². The van der Waals surface area contributed by atoms with E-state index in [1.807, 2.05) is 0 Å². The minimum absolute atomic E-state index is 0.106. The number of aromatic amines is 1. The number of rotatable bonds is 5. The van der Waals surface area contributed by atoms with Crippen LogP contribution in [-0.4, -0.2) is 28.2 Å². The lowest BCUT2D eigenvalue weighted by Gasteiger charge is -2.11. The molecule has 2 heterocycles. The quantitative estimate of drug-likeness (QED) is 0.667. The molecule has 0 bridgehead atoms. The van der Waals surface area contributed by atoms with E-state index in [0.717, 1.165) is 0 Å². The van der Waals surface area contributed by atoms with Crippen LogP contribution >= 0.6 is 11.6 Å². The van der Waals surface area contributed by atoms with E-state index in [9.17, 15) is 9.59 Å². The number of nitrogens with one attached hydrogen (secondary N) is 1. The van der Waals surface area contributed by atoms with E-state index >= 15 is 0 Å². The van der Waals surface area contributed by atoms with Crippen LogP contribution < -0.4 is 10.3 Å². The highest BCUT2D eigenvalue weighted by Gasteiger charge is 2.21. The first kappa shape index (κ1) is 18.7. The maximum atomic E-state index is 12.3. The zero-order chi connectivity index (χ0) is 19.6. The molecule has 0 amide bonds. The van der Waals surface area contributed by atoms with Crippen molar-refractivity contribution in [3.63, 3.8) is 0 Å². The number of aryl methyl sites for hydroxylation is 1. The predicted octanol–water partition coefficient (Wildman–Crippen LogP) is 3.31. The maximum absolute atomic E-state index is 12.3. The fourth-order valence-corrected chi connectivity index (χ4v) is 2.61. The molecule has 0 saturated heterocycles. The number of H-pyrrole nitrogens is 1. The topological polar surface area (TPSA) is 107 Å². The van der Waals surface area contributed by atoms with Gasteiger partial charge in [0, 0.05) is 23.4 Å². The van der Waals surface area contributed by atoms with Gasteiger partial charge in [-0.15, -0.1) is 0 Å². The Morgan fingerprint density at radius 3 is 2.78 bits per heavy atom. The summed E-state index contributed by atoms with van der Waals surface area (Å²) >= 11 is 6.18. The SMILES string of the molecule is COc1ccc(Cl)c(-c2cc(C(=O)OC(C)c3nc(C)cc(=O)[nH]3)on2)c1. The minimum atomic E-state index is -0.779. The fraction of sp³-hybridized carbons (Fsp3) is 0.222. The highest BCUT2D eigenvalue weighted by Crippen LogP contribution is 2.31. The van der Waals surface area contributed by atoms with Gasteiger partial charge in [-0.25, -0.2) is 9.78 Å². The van der Waals surface area contributed by atoms with Crippen LogP contribution in [0.15, 0.2) is 39.6 Å². The number of halogens is 1. The van der Waals surface area contributed by atoms with Crippen molar-refractivity contribution in [2.24, 2.45) is 0 Å². The smallest absolute Gasteiger partial charge is 0.377 e. The summed E-state index contributed by atoms with van der Waals surface area (Å²) in [7, 11) is 1.53. The number of nitrogens with zero attached hydrogens (tertiary/aromatic N) is 2. The highest BCUT2D eigenvalue weighted by atomic mass is 35.5. The summed E-state index contributed by atoms with van der Waals surface area (Å²) < 4.78 is 15.5. The Bertz CT molecular complexity index is 1040. The van der Waals surface area contributed by atoms with Gasteiger partial charge < -0.3 is 19.0 Å². The van der Waals surface area contributed by atoms with Crippen LogP contribution in [-0.2, 0) is 4.74 Å². The summed E-state index contributed by atoms with van der Waals surface area (Å²) in [4.78, 5) is 30.5. The van der Waals surface area contributed by atoms with Gasteiger partial charge in [-0.3, -0.25) is 4.79 Å². The number of methoxy groups -OCH3 is 1. The van der Waals surface area contributed by atoms with E-state index in [0.29, 0.717) is 27.7 Å². The van der Waals surface area contributed by atoms with Crippen LogP contribution in [0.5, 0.6) is 5.75 Å². The zero-order valence-electron chi connectivity index (χ0n) is 14.8. The Kier molecular flexibility index (Phi) is 5.27. The molecular weight excluding hydrogens is 374 g/mol. The summed E-state index contributed by atoms with van der Waals surface area (Å²) in [5.74, 6) is -0.0243. The molecule has 1 atom stereocenters.